The molecule has 64 valence electrons. The molecule has 0 aliphatic heterocycles. The molecule has 0 heterocycles. The van der Waals surface area contributed by atoms with E-state index in [4.69, 9.17) is 5.11 Å². The van der Waals surface area contributed by atoms with Crippen LogP contribution in [0.5, 0.6) is 0 Å². The molecule has 0 fully saturated rings. The molecule has 0 saturated carbocycles. The molecular formula is C10H12O2. The molecule has 2 nitrogen and oxygen atoms in total. The Morgan fingerprint density at radius 1 is 1.42 bits per heavy atom. The maximum Gasteiger partial charge on any atom is 0.129 e. The Bertz CT molecular complexity index is 251. The number of hydrogen-bond donors (Lipinski definition) is 1. The zero-order valence-corrected chi connectivity index (χ0v) is 7.03. The molecule has 1 aromatic rings. The third kappa shape index (κ3) is 1.92. The summed E-state index contributed by atoms with van der Waals surface area (Å²) in [5.74, 6) is -0.370. The van der Waals surface area contributed by atoms with Crippen molar-refractivity contribution in [1.82, 2.24) is 0 Å². The van der Waals surface area contributed by atoms with Crippen molar-refractivity contribution in [3.63, 3.8) is 0 Å². The molecule has 0 aliphatic carbocycles. The van der Waals surface area contributed by atoms with E-state index in [2.05, 4.69) is 0 Å². The molecule has 12 heavy (non-hydrogen) atoms. The van der Waals surface area contributed by atoms with E-state index >= 15 is 0 Å². The van der Waals surface area contributed by atoms with Crippen molar-refractivity contribution in [2.24, 2.45) is 0 Å². The lowest BCUT2D eigenvalue weighted by Gasteiger charge is -2.06. The summed E-state index contributed by atoms with van der Waals surface area (Å²) in [5, 5.41) is 8.82. The Morgan fingerprint density at radius 2 is 2.00 bits per heavy atom. The summed E-state index contributed by atoms with van der Waals surface area (Å²) in [6, 6.07) is 7.60. The number of aliphatic hydroxyl groups is 1. The molecule has 0 saturated heterocycles. The summed E-state index contributed by atoms with van der Waals surface area (Å²) < 4.78 is 0. The van der Waals surface area contributed by atoms with Crippen molar-refractivity contribution in [2.45, 2.75) is 12.8 Å². The molecule has 1 N–H and O–H groups in total. The van der Waals surface area contributed by atoms with Gasteiger partial charge in [-0.2, -0.15) is 0 Å². The number of aryl methyl sites for hydroxylation is 1. The van der Waals surface area contributed by atoms with E-state index in [1.807, 2.05) is 31.2 Å². The molecule has 0 spiro atoms. The zero-order valence-electron chi connectivity index (χ0n) is 7.03. The van der Waals surface area contributed by atoms with Gasteiger partial charge in [-0.1, -0.05) is 29.8 Å². The zero-order chi connectivity index (χ0) is 8.97. The van der Waals surface area contributed by atoms with Crippen LogP contribution >= 0.6 is 0 Å². The lowest BCUT2D eigenvalue weighted by molar-refractivity contribution is -0.109. The van der Waals surface area contributed by atoms with Gasteiger partial charge < -0.3 is 9.90 Å². The second kappa shape index (κ2) is 4.02. The van der Waals surface area contributed by atoms with Gasteiger partial charge in [0.2, 0.25) is 0 Å². The van der Waals surface area contributed by atoms with Gasteiger partial charge in [-0.25, -0.2) is 0 Å². The third-order valence-electron chi connectivity index (χ3n) is 1.87. The molecular weight excluding hydrogens is 152 g/mol. The number of rotatable bonds is 3. The van der Waals surface area contributed by atoms with Crippen LogP contribution < -0.4 is 0 Å². The van der Waals surface area contributed by atoms with Gasteiger partial charge in [0, 0.05) is 0 Å². The van der Waals surface area contributed by atoms with Gasteiger partial charge in [-0.05, 0) is 12.5 Å². The predicted molar refractivity (Wildman–Crippen MR) is 47.1 cm³/mol. The number of aldehydes is 1. The third-order valence-corrected chi connectivity index (χ3v) is 1.87. The first-order valence-electron chi connectivity index (χ1n) is 3.90. The Balaban J connectivity index is 2.87. The molecule has 0 aliphatic rings. The Labute approximate surface area is 71.8 Å². The lowest BCUT2D eigenvalue weighted by atomic mass is 10.0. The minimum Gasteiger partial charge on any atom is -0.395 e. The fourth-order valence-corrected chi connectivity index (χ4v) is 1.04. The Hall–Kier alpha value is -1.15. The normalized spacial score (nSPS) is 12.5. The summed E-state index contributed by atoms with van der Waals surface area (Å²) in [7, 11) is 0. The van der Waals surface area contributed by atoms with Gasteiger partial charge in [-0.15, -0.1) is 0 Å². The van der Waals surface area contributed by atoms with Crippen molar-refractivity contribution < 1.29 is 9.90 Å². The first-order chi connectivity index (χ1) is 5.77. The van der Waals surface area contributed by atoms with Crippen molar-refractivity contribution in [1.29, 1.82) is 0 Å². The smallest absolute Gasteiger partial charge is 0.129 e. The number of benzene rings is 1. The summed E-state index contributed by atoms with van der Waals surface area (Å²) in [4.78, 5) is 10.5. The standard InChI is InChI=1S/C10H12O2/c1-8-2-4-9(5-3-8)10(6-11)7-12/h2-6,10,12H,7H2,1H3/t10-/m0/s1. The van der Waals surface area contributed by atoms with E-state index in [-0.39, 0.29) is 12.5 Å². The van der Waals surface area contributed by atoms with Crippen LogP contribution in [0.25, 0.3) is 0 Å². The molecule has 1 aromatic carbocycles. The summed E-state index contributed by atoms with van der Waals surface area (Å²) in [6.45, 7) is 1.87. The number of aliphatic hydroxyl groups excluding tert-OH is 1. The number of hydrogen-bond acceptors (Lipinski definition) is 2. The Kier molecular flexibility index (Phi) is 3.00. The van der Waals surface area contributed by atoms with Crippen LogP contribution in [0, 0.1) is 6.92 Å². The number of carbonyl (C=O) groups is 1. The quantitative estimate of drug-likeness (QED) is 0.683. The summed E-state index contributed by atoms with van der Waals surface area (Å²) >= 11 is 0. The molecule has 1 rings (SSSR count). The second-order valence-corrected chi connectivity index (χ2v) is 2.84. The summed E-state index contributed by atoms with van der Waals surface area (Å²) in [5.41, 5.74) is 2.03. The molecule has 1 atom stereocenters. The minimum atomic E-state index is -0.370. The molecule has 0 unspecified atom stereocenters. The number of carbonyl (C=O) groups excluding carboxylic acids is 1. The maximum absolute atomic E-state index is 10.5. The van der Waals surface area contributed by atoms with Gasteiger partial charge in [-0.3, -0.25) is 0 Å². The highest BCUT2D eigenvalue weighted by Gasteiger charge is 2.07. The molecule has 0 radical (unpaired) electrons. The van der Waals surface area contributed by atoms with Crippen LogP contribution in [-0.2, 0) is 4.79 Å². The van der Waals surface area contributed by atoms with Gasteiger partial charge >= 0.3 is 0 Å². The predicted octanol–water partition coefficient (Wildman–Crippen LogP) is 1.27. The lowest BCUT2D eigenvalue weighted by Crippen LogP contribution is -2.04. The minimum absolute atomic E-state index is 0.118. The van der Waals surface area contributed by atoms with E-state index in [1.165, 1.54) is 0 Å². The van der Waals surface area contributed by atoms with Crippen LogP contribution in [0.2, 0.25) is 0 Å². The molecule has 2 heteroatoms. The molecule has 0 aromatic heterocycles. The topological polar surface area (TPSA) is 37.3 Å². The fraction of sp³-hybridized carbons (Fsp3) is 0.300. The van der Waals surface area contributed by atoms with E-state index in [9.17, 15) is 4.79 Å². The van der Waals surface area contributed by atoms with Crippen molar-refractivity contribution in [3.8, 4) is 0 Å². The highest BCUT2D eigenvalue weighted by molar-refractivity contribution is 5.62. The van der Waals surface area contributed by atoms with Crippen molar-refractivity contribution in [2.75, 3.05) is 6.61 Å². The Morgan fingerprint density at radius 3 is 2.42 bits per heavy atom. The molecule has 0 amide bonds. The SMILES string of the molecule is Cc1ccc([C@@H](C=O)CO)cc1. The monoisotopic (exact) mass is 164 g/mol. The van der Waals surface area contributed by atoms with Gasteiger partial charge in [0.15, 0.2) is 0 Å². The fourth-order valence-electron chi connectivity index (χ4n) is 1.04. The van der Waals surface area contributed by atoms with Crippen LogP contribution in [0.3, 0.4) is 0 Å². The van der Waals surface area contributed by atoms with Crippen LogP contribution in [0.1, 0.15) is 17.0 Å². The van der Waals surface area contributed by atoms with E-state index < -0.39 is 0 Å². The maximum atomic E-state index is 10.5. The second-order valence-electron chi connectivity index (χ2n) is 2.84. The first kappa shape index (κ1) is 8.94. The van der Waals surface area contributed by atoms with Crippen LogP contribution in [0.15, 0.2) is 24.3 Å². The van der Waals surface area contributed by atoms with E-state index in [0.717, 1.165) is 17.4 Å². The largest absolute Gasteiger partial charge is 0.395 e. The van der Waals surface area contributed by atoms with Crippen molar-refractivity contribution in [3.05, 3.63) is 35.4 Å². The van der Waals surface area contributed by atoms with Crippen LogP contribution in [-0.4, -0.2) is 18.0 Å². The average molecular weight is 164 g/mol. The van der Waals surface area contributed by atoms with Crippen molar-refractivity contribution >= 4 is 6.29 Å². The van der Waals surface area contributed by atoms with Gasteiger partial charge in [0.05, 0.1) is 12.5 Å². The van der Waals surface area contributed by atoms with Gasteiger partial charge in [0.1, 0.15) is 6.29 Å². The average Bonchev–Trinajstić information content (AvgIpc) is 2.10. The van der Waals surface area contributed by atoms with Gasteiger partial charge in [0.25, 0.3) is 0 Å². The highest BCUT2D eigenvalue weighted by atomic mass is 16.3. The first-order valence-corrected chi connectivity index (χ1v) is 3.90. The highest BCUT2D eigenvalue weighted by Crippen LogP contribution is 2.13. The summed E-state index contributed by atoms with van der Waals surface area (Å²) in [6.07, 6.45) is 0.769. The van der Waals surface area contributed by atoms with E-state index in [1.54, 1.807) is 0 Å². The molecule has 0 bridgehead atoms. The van der Waals surface area contributed by atoms with E-state index in [0.29, 0.717) is 0 Å². The van der Waals surface area contributed by atoms with Crippen LogP contribution in [0.4, 0.5) is 0 Å².